The highest BCUT2D eigenvalue weighted by molar-refractivity contribution is 7.00. The van der Waals surface area contributed by atoms with Crippen LogP contribution in [0.15, 0.2) is 136 Å². The highest BCUT2D eigenvalue weighted by atomic mass is 16.3. The monoisotopic (exact) mass is 848 g/mol. The number of rotatable bonds is 2. The Morgan fingerprint density at radius 2 is 0.692 bits per heavy atom. The Kier molecular flexibility index (Phi) is 7.22. The fraction of sp³-hybridized carbons (Fsp3) is 0.300. The zero-order valence-corrected chi connectivity index (χ0v) is 39.9. The van der Waals surface area contributed by atoms with Crippen molar-refractivity contribution >= 4 is 101 Å². The summed E-state index contributed by atoms with van der Waals surface area (Å²) in [7, 11) is 0. The number of nitrogens with zero attached hydrogens (tertiary/aromatic N) is 2. The van der Waals surface area contributed by atoms with E-state index in [1.807, 2.05) is 0 Å². The van der Waals surface area contributed by atoms with Crippen LogP contribution >= 0.6 is 0 Å². The van der Waals surface area contributed by atoms with Crippen LogP contribution in [0.2, 0.25) is 0 Å². The fourth-order valence-electron chi connectivity index (χ4n) is 13.3. The smallest absolute Gasteiger partial charge is 0.252 e. The minimum atomic E-state index is -0.0887. The number of hydrogen-bond acceptors (Lipinski definition) is 4. The summed E-state index contributed by atoms with van der Waals surface area (Å²) in [5, 5.41) is 4.52. The third-order valence-corrected chi connectivity index (χ3v) is 19.5. The first kappa shape index (κ1) is 39.2. The molecule has 65 heavy (non-hydrogen) atoms. The van der Waals surface area contributed by atoms with E-state index in [9.17, 15) is 0 Å². The first-order chi connectivity index (χ1) is 30.8. The van der Waals surface area contributed by atoms with E-state index >= 15 is 0 Å². The van der Waals surface area contributed by atoms with Crippen molar-refractivity contribution in [2.45, 2.75) is 105 Å². The van der Waals surface area contributed by atoms with E-state index in [4.69, 9.17) is 8.83 Å². The van der Waals surface area contributed by atoms with E-state index in [2.05, 4.69) is 220 Å². The number of para-hydroxylation sites is 4. The Hall–Kier alpha value is -6.20. The molecule has 2 aliphatic heterocycles. The van der Waals surface area contributed by atoms with Crippen molar-refractivity contribution in [1.82, 2.24) is 0 Å². The molecule has 322 valence electrons. The van der Waals surface area contributed by atoms with Crippen molar-refractivity contribution in [2.75, 3.05) is 9.80 Å². The molecule has 0 amide bonds. The second kappa shape index (κ2) is 12.0. The van der Waals surface area contributed by atoms with E-state index in [1.54, 1.807) is 0 Å². The lowest BCUT2D eigenvalue weighted by molar-refractivity contribution is 0.125. The largest absolute Gasteiger partial charge is 0.454 e. The molecule has 0 saturated carbocycles. The normalized spacial score (nSPS) is 19.7. The van der Waals surface area contributed by atoms with Crippen LogP contribution in [0.3, 0.4) is 0 Å². The Morgan fingerprint density at radius 1 is 0.354 bits per heavy atom. The number of fused-ring (bicyclic) bond motifs is 12. The maximum Gasteiger partial charge on any atom is 0.252 e. The number of benzene rings is 7. The molecule has 7 aromatic carbocycles. The fourth-order valence-corrected chi connectivity index (χ4v) is 13.3. The summed E-state index contributed by atoms with van der Waals surface area (Å²) in [6, 6.07) is 47.8. The maximum absolute atomic E-state index is 6.94. The van der Waals surface area contributed by atoms with E-state index < -0.39 is 0 Å². The highest BCUT2D eigenvalue weighted by Crippen LogP contribution is 2.64. The van der Waals surface area contributed by atoms with Crippen LogP contribution in [0.25, 0.3) is 43.9 Å². The van der Waals surface area contributed by atoms with Crippen molar-refractivity contribution in [3.8, 4) is 0 Å². The molecule has 0 saturated heterocycles. The Labute approximate surface area is 383 Å². The van der Waals surface area contributed by atoms with Gasteiger partial charge >= 0.3 is 0 Å². The van der Waals surface area contributed by atoms with Crippen LogP contribution in [0, 0.1) is 10.8 Å². The van der Waals surface area contributed by atoms with Gasteiger partial charge in [-0.2, -0.15) is 0 Å². The molecule has 0 N–H and O–H groups in total. The highest BCUT2D eigenvalue weighted by Gasteiger charge is 2.60. The molecular formula is C60H57BN2O2. The molecule has 0 unspecified atom stereocenters. The molecule has 9 aromatic rings. The Bertz CT molecular complexity index is 3360. The van der Waals surface area contributed by atoms with Crippen LogP contribution in [-0.4, -0.2) is 6.71 Å². The Morgan fingerprint density at radius 3 is 1.11 bits per heavy atom. The summed E-state index contributed by atoms with van der Waals surface area (Å²) in [4.78, 5) is 5.11. The van der Waals surface area contributed by atoms with E-state index in [0.717, 1.165) is 55.3 Å². The van der Waals surface area contributed by atoms with Crippen molar-refractivity contribution < 1.29 is 8.83 Å². The molecular weight excluding hydrogens is 791 g/mol. The zero-order chi connectivity index (χ0) is 45.1. The minimum absolute atomic E-state index is 0.0115. The van der Waals surface area contributed by atoms with Crippen molar-refractivity contribution in [2.24, 2.45) is 10.8 Å². The maximum atomic E-state index is 6.94. The third-order valence-electron chi connectivity index (χ3n) is 19.5. The van der Waals surface area contributed by atoms with Gasteiger partial charge in [-0.25, -0.2) is 0 Å². The van der Waals surface area contributed by atoms with Crippen LogP contribution in [-0.2, 0) is 21.7 Å². The molecule has 2 aliphatic carbocycles. The molecule has 4 heterocycles. The van der Waals surface area contributed by atoms with E-state index in [1.165, 1.54) is 61.4 Å². The molecule has 13 rings (SSSR count). The van der Waals surface area contributed by atoms with Gasteiger partial charge in [0.05, 0.1) is 11.4 Å². The van der Waals surface area contributed by atoms with Crippen LogP contribution in [0.5, 0.6) is 0 Å². The van der Waals surface area contributed by atoms with Crippen molar-refractivity contribution in [3.63, 3.8) is 0 Å². The second-order valence-electron chi connectivity index (χ2n) is 23.0. The third kappa shape index (κ3) is 4.42. The Balaban J connectivity index is 1.19. The summed E-state index contributed by atoms with van der Waals surface area (Å²) in [6.07, 6.45) is 0. The van der Waals surface area contributed by atoms with Gasteiger partial charge in [0.15, 0.2) is 11.2 Å². The quantitative estimate of drug-likeness (QED) is 0.162. The first-order valence-electron chi connectivity index (χ1n) is 23.7. The molecule has 4 aliphatic rings. The molecule has 0 radical (unpaired) electrons. The predicted molar refractivity (Wildman–Crippen MR) is 275 cm³/mol. The van der Waals surface area contributed by atoms with Crippen molar-refractivity contribution in [1.29, 1.82) is 0 Å². The second-order valence-corrected chi connectivity index (χ2v) is 23.0. The van der Waals surface area contributed by atoms with Gasteiger partial charge in [-0.15, -0.1) is 0 Å². The van der Waals surface area contributed by atoms with E-state index in [-0.39, 0.29) is 39.2 Å². The van der Waals surface area contributed by atoms with Crippen LogP contribution < -0.4 is 26.2 Å². The van der Waals surface area contributed by atoms with Gasteiger partial charge in [0, 0.05) is 44.3 Å². The molecule has 2 aromatic heterocycles. The zero-order valence-electron chi connectivity index (χ0n) is 39.9. The SMILES string of the molecule is CC1(C)c2cc3c(cc2C(C)(C)C1(C)C)N(c1cccc2c1oc1ccccc12)c1cccc2c1B3c1cc3c(cc1N2c1cccc2c1oc1ccccc12)C(C)(C)C(C)(C)C3(C)C. The molecule has 0 atom stereocenters. The minimum Gasteiger partial charge on any atom is -0.454 e. The van der Waals surface area contributed by atoms with Gasteiger partial charge in [-0.05, 0) is 120 Å². The lowest BCUT2D eigenvalue weighted by Gasteiger charge is -2.45. The summed E-state index contributed by atoms with van der Waals surface area (Å²) < 4.78 is 13.9. The summed E-state index contributed by atoms with van der Waals surface area (Å²) in [5.74, 6) is 0. The lowest BCUT2D eigenvalue weighted by Crippen LogP contribution is -2.61. The summed E-state index contributed by atoms with van der Waals surface area (Å²) in [5.41, 5.74) is 19.9. The molecule has 0 spiro atoms. The predicted octanol–water partition coefficient (Wildman–Crippen LogP) is 14.8. The van der Waals surface area contributed by atoms with Crippen molar-refractivity contribution in [3.05, 3.63) is 150 Å². The van der Waals surface area contributed by atoms with Gasteiger partial charge in [-0.1, -0.05) is 162 Å². The van der Waals surface area contributed by atoms with Crippen LogP contribution in [0.4, 0.5) is 34.1 Å². The van der Waals surface area contributed by atoms with Gasteiger partial charge < -0.3 is 18.6 Å². The van der Waals surface area contributed by atoms with Gasteiger partial charge in [0.1, 0.15) is 11.2 Å². The summed E-state index contributed by atoms with van der Waals surface area (Å²) in [6.45, 7) is 29.7. The lowest BCUT2D eigenvalue weighted by atomic mass is 9.33. The average Bonchev–Trinajstić information content (AvgIpc) is 3.91. The standard InChI is InChI=1S/C60H57BN2O2/c1-55(2)38-30-42-48(32-40(38)57(5,6)59(55,9)10)62(46-26-17-22-36-34-20-13-15-28-50(34)64-53(36)46)44-24-19-25-45-52(44)61(42)43-31-39-41(58(7,8)60(11,12)56(39,3)4)33-49(43)63(45)47-27-18-23-37-35-21-14-16-29-51(35)65-54(37)47/h13-33H,1-12H3. The van der Waals surface area contributed by atoms with E-state index in [0.29, 0.717) is 0 Å². The first-order valence-corrected chi connectivity index (χ1v) is 23.7. The number of anilines is 6. The molecule has 4 nitrogen and oxygen atoms in total. The number of furan rings is 2. The number of hydrogen-bond donors (Lipinski definition) is 0. The van der Waals surface area contributed by atoms with Gasteiger partial charge in [0.2, 0.25) is 0 Å². The topological polar surface area (TPSA) is 32.8 Å². The van der Waals surface area contributed by atoms with Gasteiger partial charge in [-0.3, -0.25) is 0 Å². The van der Waals surface area contributed by atoms with Gasteiger partial charge in [0.25, 0.3) is 6.71 Å². The van der Waals surface area contributed by atoms with Crippen LogP contribution in [0.1, 0.15) is 105 Å². The molecule has 5 heteroatoms. The summed E-state index contributed by atoms with van der Waals surface area (Å²) >= 11 is 0. The molecule has 0 fully saturated rings. The molecule has 0 bridgehead atoms. The average molecular weight is 849 g/mol.